The fourth-order valence-electron chi connectivity index (χ4n) is 2.29. The zero-order valence-corrected chi connectivity index (χ0v) is 13.2. The summed E-state index contributed by atoms with van der Waals surface area (Å²) in [4.78, 5) is 1.76. The molecular weight excluding hydrogens is 272 g/mol. The molecule has 0 spiro atoms. The van der Waals surface area contributed by atoms with Gasteiger partial charge in [0.1, 0.15) is 0 Å². The second kappa shape index (κ2) is 7.48. The van der Waals surface area contributed by atoms with Gasteiger partial charge in [-0.05, 0) is 17.2 Å². The van der Waals surface area contributed by atoms with E-state index < -0.39 is 5.72 Å². The summed E-state index contributed by atoms with van der Waals surface area (Å²) in [6.45, 7) is 19.6. The number of nitrogens with zero attached hydrogens (tertiary/aromatic N) is 1. The van der Waals surface area contributed by atoms with Crippen LogP contribution in [0.25, 0.3) is 0 Å². The Morgan fingerprint density at radius 1 is 1.32 bits per heavy atom. The van der Waals surface area contributed by atoms with Crippen molar-refractivity contribution in [3.8, 4) is 0 Å². The van der Waals surface area contributed by atoms with Crippen molar-refractivity contribution in [2.45, 2.75) is 5.72 Å². The Balaban J connectivity index is 3.33. The van der Waals surface area contributed by atoms with Gasteiger partial charge in [-0.15, -0.1) is 0 Å². The Morgan fingerprint density at radius 2 is 2.00 bits per heavy atom. The maximum absolute atomic E-state index is 11.2. The molecule has 1 rings (SSSR count). The lowest BCUT2D eigenvalue weighted by Gasteiger charge is -2.36. The van der Waals surface area contributed by atoms with Crippen LogP contribution in [0.15, 0.2) is 98.0 Å². The van der Waals surface area contributed by atoms with Crippen molar-refractivity contribution < 1.29 is 5.11 Å². The lowest BCUT2D eigenvalue weighted by molar-refractivity contribution is 0.00325. The van der Waals surface area contributed by atoms with Crippen molar-refractivity contribution in [2.24, 2.45) is 0 Å². The normalized spacial score (nSPS) is 21.5. The fourth-order valence-corrected chi connectivity index (χ4v) is 2.29. The Hall–Kier alpha value is -2.52. The zero-order valence-electron chi connectivity index (χ0n) is 13.2. The third-order valence-electron chi connectivity index (χ3n) is 3.52. The summed E-state index contributed by atoms with van der Waals surface area (Å²) in [5.41, 5.74) is 1.01. The van der Waals surface area contributed by atoms with E-state index in [0.717, 1.165) is 11.1 Å². The molecule has 1 aliphatic rings. The van der Waals surface area contributed by atoms with Crippen LogP contribution in [-0.4, -0.2) is 29.3 Å². The van der Waals surface area contributed by atoms with Gasteiger partial charge in [-0.25, -0.2) is 0 Å². The van der Waals surface area contributed by atoms with Crippen LogP contribution in [0.3, 0.4) is 0 Å². The summed E-state index contributed by atoms with van der Waals surface area (Å²) in [5.74, 6) is 0.603. The number of nitrogens with one attached hydrogen (secondary N) is 1. The molecule has 0 aromatic rings. The minimum atomic E-state index is -1.34. The molecule has 0 amide bonds. The second-order valence-corrected chi connectivity index (χ2v) is 4.86. The van der Waals surface area contributed by atoms with E-state index in [1.54, 1.807) is 42.3 Å². The molecule has 1 atom stereocenters. The van der Waals surface area contributed by atoms with E-state index in [2.05, 4.69) is 38.2 Å². The van der Waals surface area contributed by atoms with Gasteiger partial charge in [0.2, 0.25) is 0 Å². The van der Waals surface area contributed by atoms with Crippen LogP contribution in [0, 0.1) is 0 Å². The quantitative estimate of drug-likeness (QED) is 0.675. The lowest BCUT2D eigenvalue weighted by Crippen LogP contribution is -2.46. The van der Waals surface area contributed by atoms with Gasteiger partial charge in [0.25, 0.3) is 0 Å². The predicted octanol–water partition coefficient (Wildman–Crippen LogP) is 3.20. The van der Waals surface area contributed by atoms with Crippen LogP contribution < -0.4 is 5.32 Å². The first-order valence-electron chi connectivity index (χ1n) is 6.97. The maximum Gasteiger partial charge on any atom is 0.186 e. The third-order valence-corrected chi connectivity index (χ3v) is 3.52. The van der Waals surface area contributed by atoms with Gasteiger partial charge in [0.15, 0.2) is 5.72 Å². The molecule has 1 heterocycles. The number of rotatable bonds is 8. The van der Waals surface area contributed by atoms with Crippen molar-refractivity contribution >= 4 is 0 Å². The molecule has 2 N–H and O–H groups in total. The van der Waals surface area contributed by atoms with E-state index in [1.807, 2.05) is 12.2 Å². The summed E-state index contributed by atoms with van der Waals surface area (Å²) >= 11 is 0. The smallest absolute Gasteiger partial charge is 0.186 e. The van der Waals surface area contributed by atoms with E-state index in [4.69, 9.17) is 0 Å². The van der Waals surface area contributed by atoms with Gasteiger partial charge in [-0.3, -0.25) is 0 Å². The highest BCUT2D eigenvalue weighted by Gasteiger charge is 2.41. The monoisotopic (exact) mass is 296 g/mol. The van der Waals surface area contributed by atoms with Crippen LogP contribution in [0.5, 0.6) is 0 Å². The number of hydrogen-bond acceptors (Lipinski definition) is 3. The second-order valence-electron chi connectivity index (χ2n) is 4.86. The minimum Gasteiger partial charge on any atom is -0.375 e. The molecule has 0 saturated carbocycles. The molecule has 0 unspecified atom stereocenters. The topological polar surface area (TPSA) is 35.5 Å². The molecular formula is C19H24N2O. The van der Waals surface area contributed by atoms with Crippen molar-refractivity contribution in [3.63, 3.8) is 0 Å². The average Bonchev–Trinajstić information content (AvgIpc) is 2.88. The van der Waals surface area contributed by atoms with Crippen LogP contribution >= 0.6 is 0 Å². The summed E-state index contributed by atoms with van der Waals surface area (Å²) in [7, 11) is 1.76. The van der Waals surface area contributed by atoms with Gasteiger partial charge in [-0.2, -0.15) is 0 Å². The Kier molecular flexibility index (Phi) is 5.96. The molecule has 1 aliphatic heterocycles. The van der Waals surface area contributed by atoms with Crippen LogP contribution in [0.4, 0.5) is 0 Å². The van der Waals surface area contributed by atoms with E-state index in [0.29, 0.717) is 17.9 Å². The Bertz CT molecular complexity index is 593. The van der Waals surface area contributed by atoms with Gasteiger partial charge in [0, 0.05) is 19.2 Å². The van der Waals surface area contributed by atoms with Crippen molar-refractivity contribution in [1.29, 1.82) is 0 Å². The SMILES string of the molecule is C=C/C=C\C(=C)C1=C[C@@](O)(/C(C=C)=C/C=C)N(C(=C)NC)C1. The Morgan fingerprint density at radius 3 is 2.50 bits per heavy atom. The van der Waals surface area contributed by atoms with Crippen LogP contribution in [-0.2, 0) is 0 Å². The van der Waals surface area contributed by atoms with Crippen LogP contribution in [0.2, 0.25) is 0 Å². The first kappa shape index (κ1) is 17.5. The first-order valence-corrected chi connectivity index (χ1v) is 6.97. The summed E-state index contributed by atoms with van der Waals surface area (Å²) in [6.07, 6.45) is 12.1. The van der Waals surface area contributed by atoms with E-state index >= 15 is 0 Å². The molecule has 0 radical (unpaired) electrons. The van der Waals surface area contributed by atoms with Gasteiger partial charge < -0.3 is 15.3 Å². The average molecular weight is 296 g/mol. The molecule has 0 fully saturated rings. The number of hydrogen-bond donors (Lipinski definition) is 2. The highest BCUT2D eigenvalue weighted by atomic mass is 16.3. The summed E-state index contributed by atoms with van der Waals surface area (Å²) in [5, 5.41) is 14.1. The molecule has 0 bridgehead atoms. The van der Waals surface area contributed by atoms with E-state index in [-0.39, 0.29) is 0 Å². The third kappa shape index (κ3) is 3.38. The molecule has 0 saturated heterocycles. The summed E-state index contributed by atoms with van der Waals surface area (Å²) < 4.78 is 0. The van der Waals surface area contributed by atoms with Crippen molar-refractivity contribution in [1.82, 2.24) is 10.2 Å². The van der Waals surface area contributed by atoms with Crippen molar-refractivity contribution in [2.75, 3.05) is 13.6 Å². The van der Waals surface area contributed by atoms with Gasteiger partial charge in [-0.1, -0.05) is 69.4 Å². The minimum absolute atomic E-state index is 0.485. The zero-order chi connectivity index (χ0) is 16.8. The fraction of sp³-hybridized carbons (Fsp3) is 0.158. The highest BCUT2D eigenvalue weighted by Crippen LogP contribution is 2.36. The largest absolute Gasteiger partial charge is 0.375 e. The predicted molar refractivity (Wildman–Crippen MR) is 94.9 cm³/mol. The molecule has 3 nitrogen and oxygen atoms in total. The van der Waals surface area contributed by atoms with E-state index in [9.17, 15) is 5.11 Å². The lowest BCUT2D eigenvalue weighted by atomic mass is 10.00. The molecule has 116 valence electrons. The standard InChI is InChI=1S/C19H24N2O/c1-7-10-12-15(4)17-13-19(22,18(9-3)11-8-2)21(14-17)16(5)20-6/h7-13,20,22H,1-5,14H2,6H3/b12-10-,18-11+/t19-/m1/s1. The maximum atomic E-state index is 11.2. The molecule has 22 heavy (non-hydrogen) atoms. The Labute approximate surface area is 133 Å². The highest BCUT2D eigenvalue weighted by molar-refractivity contribution is 5.49. The summed E-state index contributed by atoms with van der Waals surface area (Å²) in [6, 6.07) is 0. The van der Waals surface area contributed by atoms with Gasteiger partial charge >= 0.3 is 0 Å². The van der Waals surface area contributed by atoms with E-state index in [1.165, 1.54) is 0 Å². The molecule has 3 heteroatoms. The van der Waals surface area contributed by atoms with Gasteiger partial charge in [0.05, 0.1) is 5.82 Å². The van der Waals surface area contributed by atoms with Crippen molar-refractivity contribution in [3.05, 3.63) is 98.0 Å². The first-order chi connectivity index (χ1) is 10.4. The molecule has 0 aromatic heterocycles. The number of allylic oxidation sites excluding steroid dienone is 5. The molecule has 0 aromatic carbocycles. The van der Waals surface area contributed by atoms with Crippen LogP contribution in [0.1, 0.15) is 0 Å². The molecule has 0 aliphatic carbocycles. The number of aliphatic hydroxyl groups is 1.